The number of ether oxygens (including phenoxy) is 1. The lowest BCUT2D eigenvalue weighted by molar-refractivity contribution is 0.0600. The first kappa shape index (κ1) is 19.6. The molecule has 0 aromatic heterocycles. The molecule has 0 N–H and O–H groups in total. The highest BCUT2D eigenvalue weighted by Crippen LogP contribution is 2.23. The molecule has 0 atom stereocenters. The van der Waals surface area contributed by atoms with Crippen molar-refractivity contribution >= 4 is 16.0 Å². The normalized spacial score (nSPS) is 12.2. The van der Waals surface area contributed by atoms with Gasteiger partial charge in [0, 0.05) is 13.1 Å². The Morgan fingerprint density at radius 1 is 1.13 bits per heavy atom. The first-order chi connectivity index (χ1) is 10.6. The molecule has 0 aliphatic carbocycles. The van der Waals surface area contributed by atoms with E-state index in [0.717, 1.165) is 0 Å². The van der Waals surface area contributed by atoms with Crippen LogP contribution in [0.2, 0.25) is 0 Å². The summed E-state index contributed by atoms with van der Waals surface area (Å²) < 4.78 is 32.3. The van der Waals surface area contributed by atoms with Crippen molar-refractivity contribution < 1.29 is 17.9 Å². The Morgan fingerprint density at radius 3 is 2.09 bits per heavy atom. The molecule has 0 heterocycles. The van der Waals surface area contributed by atoms with Crippen LogP contribution in [0.4, 0.5) is 0 Å². The fraction of sp³-hybridized carbons (Fsp3) is 0.588. The van der Waals surface area contributed by atoms with Crippen molar-refractivity contribution in [1.82, 2.24) is 4.31 Å². The number of methoxy groups -OCH3 is 1. The number of sulfonamides is 1. The van der Waals surface area contributed by atoms with Gasteiger partial charge in [-0.2, -0.15) is 4.31 Å². The molecule has 130 valence electrons. The summed E-state index contributed by atoms with van der Waals surface area (Å²) in [5.41, 5.74) is 0.862. The Labute approximate surface area is 139 Å². The molecule has 0 aliphatic rings. The zero-order valence-corrected chi connectivity index (χ0v) is 15.6. The third-order valence-electron chi connectivity index (χ3n) is 3.36. The van der Waals surface area contributed by atoms with E-state index in [1.165, 1.54) is 17.5 Å². The maximum Gasteiger partial charge on any atom is 0.337 e. The third-order valence-corrected chi connectivity index (χ3v) is 5.34. The third kappa shape index (κ3) is 5.04. The molecule has 23 heavy (non-hydrogen) atoms. The first-order valence-corrected chi connectivity index (χ1v) is 9.22. The van der Waals surface area contributed by atoms with Gasteiger partial charge in [0.15, 0.2) is 0 Å². The van der Waals surface area contributed by atoms with E-state index < -0.39 is 16.0 Å². The van der Waals surface area contributed by atoms with Crippen LogP contribution in [-0.4, -0.2) is 38.9 Å². The molecule has 0 bridgehead atoms. The summed E-state index contributed by atoms with van der Waals surface area (Å²) in [5, 5.41) is 0. The molecule has 0 fully saturated rings. The molecule has 6 heteroatoms. The van der Waals surface area contributed by atoms with Crippen LogP contribution in [0.15, 0.2) is 23.1 Å². The Bertz CT molecular complexity index is 641. The molecule has 0 saturated heterocycles. The topological polar surface area (TPSA) is 63.7 Å². The number of hydrogen-bond donors (Lipinski definition) is 0. The largest absolute Gasteiger partial charge is 0.465 e. The van der Waals surface area contributed by atoms with Crippen molar-refractivity contribution in [3.05, 3.63) is 29.3 Å². The SMILES string of the molecule is COC(=O)c1ccc(C)c(S(=O)(=O)N(CC(C)C)CC(C)C)c1. The lowest BCUT2D eigenvalue weighted by Gasteiger charge is -2.26. The highest BCUT2D eigenvalue weighted by molar-refractivity contribution is 7.89. The van der Waals surface area contributed by atoms with Crippen LogP contribution in [0.5, 0.6) is 0 Å². The van der Waals surface area contributed by atoms with Gasteiger partial charge in [-0.3, -0.25) is 0 Å². The van der Waals surface area contributed by atoms with Gasteiger partial charge in [-0.05, 0) is 36.5 Å². The second kappa shape index (κ2) is 7.93. The predicted molar refractivity (Wildman–Crippen MR) is 91.0 cm³/mol. The lowest BCUT2D eigenvalue weighted by Crippen LogP contribution is -2.37. The second-order valence-corrected chi connectivity index (χ2v) is 8.49. The molecule has 0 amide bonds. The number of hydrogen-bond acceptors (Lipinski definition) is 4. The Kier molecular flexibility index (Phi) is 6.77. The minimum atomic E-state index is -3.66. The van der Waals surface area contributed by atoms with E-state index in [0.29, 0.717) is 18.7 Å². The van der Waals surface area contributed by atoms with Crippen molar-refractivity contribution in [2.75, 3.05) is 20.2 Å². The maximum absolute atomic E-state index is 13.1. The van der Waals surface area contributed by atoms with E-state index in [-0.39, 0.29) is 22.3 Å². The van der Waals surface area contributed by atoms with Crippen molar-refractivity contribution in [1.29, 1.82) is 0 Å². The molecule has 0 unspecified atom stereocenters. The standard InChI is InChI=1S/C17H27NO4S/c1-12(2)10-18(11-13(3)4)23(20,21)16-9-15(17(19)22-6)8-7-14(16)5/h7-9,12-13H,10-11H2,1-6H3. The van der Waals surface area contributed by atoms with E-state index in [9.17, 15) is 13.2 Å². The molecule has 1 aromatic rings. The second-order valence-electron chi connectivity index (χ2n) is 6.58. The van der Waals surface area contributed by atoms with Gasteiger partial charge in [0.25, 0.3) is 0 Å². The zero-order valence-electron chi connectivity index (χ0n) is 14.8. The molecular formula is C17H27NO4S. The summed E-state index contributed by atoms with van der Waals surface area (Å²) in [6.07, 6.45) is 0. The van der Waals surface area contributed by atoms with E-state index in [4.69, 9.17) is 0 Å². The zero-order chi connectivity index (χ0) is 17.8. The van der Waals surface area contributed by atoms with Crippen molar-refractivity contribution in [3.8, 4) is 0 Å². The average molecular weight is 341 g/mol. The van der Waals surface area contributed by atoms with Gasteiger partial charge in [0.05, 0.1) is 17.6 Å². The van der Waals surface area contributed by atoms with Gasteiger partial charge in [-0.1, -0.05) is 33.8 Å². The van der Waals surface area contributed by atoms with Crippen LogP contribution in [0.25, 0.3) is 0 Å². The van der Waals surface area contributed by atoms with Crippen LogP contribution < -0.4 is 0 Å². The average Bonchev–Trinajstić information content (AvgIpc) is 2.45. The number of carbonyl (C=O) groups excluding carboxylic acids is 1. The number of esters is 1. The van der Waals surface area contributed by atoms with Crippen LogP contribution in [-0.2, 0) is 14.8 Å². The Hall–Kier alpha value is -1.40. The maximum atomic E-state index is 13.1. The Morgan fingerprint density at radius 2 is 1.65 bits per heavy atom. The highest BCUT2D eigenvalue weighted by atomic mass is 32.2. The van der Waals surface area contributed by atoms with E-state index in [1.807, 2.05) is 27.7 Å². The van der Waals surface area contributed by atoms with Crippen LogP contribution >= 0.6 is 0 Å². The van der Waals surface area contributed by atoms with Crippen molar-refractivity contribution in [2.24, 2.45) is 11.8 Å². The predicted octanol–water partition coefficient (Wildman–Crippen LogP) is 3.08. The summed E-state index contributed by atoms with van der Waals surface area (Å²) in [5.74, 6) is -0.110. The molecule has 1 aromatic carbocycles. The minimum Gasteiger partial charge on any atom is -0.465 e. The number of aryl methyl sites for hydroxylation is 1. The number of nitrogens with zero attached hydrogens (tertiary/aromatic N) is 1. The van der Waals surface area contributed by atoms with Crippen LogP contribution in [0, 0.1) is 18.8 Å². The van der Waals surface area contributed by atoms with Crippen molar-refractivity contribution in [3.63, 3.8) is 0 Å². The summed E-state index contributed by atoms with van der Waals surface area (Å²) in [7, 11) is -2.38. The lowest BCUT2D eigenvalue weighted by atomic mass is 10.1. The van der Waals surface area contributed by atoms with E-state index in [1.54, 1.807) is 19.1 Å². The van der Waals surface area contributed by atoms with Gasteiger partial charge in [0.2, 0.25) is 10.0 Å². The Balaban J connectivity index is 3.35. The minimum absolute atomic E-state index is 0.168. The van der Waals surface area contributed by atoms with Gasteiger partial charge in [0.1, 0.15) is 0 Å². The number of rotatable bonds is 7. The number of benzene rings is 1. The van der Waals surface area contributed by atoms with E-state index in [2.05, 4.69) is 4.74 Å². The fourth-order valence-corrected chi connectivity index (χ4v) is 4.37. The molecule has 5 nitrogen and oxygen atoms in total. The first-order valence-electron chi connectivity index (χ1n) is 7.78. The van der Waals surface area contributed by atoms with Gasteiger partial charge < -0.3 is 4.74 Å². The summed E-state index contributed by atoms with van der Waals surface area (Å²) >= 11 is 0. The monoisotopic (exact) mass is 341 g/mol. The quantitative estimate of drug-likeness (QED) is 0.715. The number of carbonyl (C=O) groups is 1. The summed E-state index contributed by atoms with van der Waals surface area (Å²) in [6.45, 7) is 10.6. The van der Waals surface area contributed by atoms with Crippen LogP contribution in [0.3, 0.4) is 0 Å². The molecule has 1 rings (SSSR count). The summed E-state index contributed by atoms with van der Waals surface area (Å²) in [6, 6.07) is 4.63. The molecule has 0 radical (unpaired) electrons. The molecule has 0 saturated carbocycles. The van der Waals surface area contributed by atoms with Gasteiger partial charge in [-0.15, -0.1) is 0 Å². The fourth-order valence-electron chi connectivity index (χ4n) is 2.35. The molecule has 0 spiro atoms. The highest BCUT2D eigenvalue weighted by Gasteiger charge is 2.28. The van der Waals surface area contributed by atoms with Gasteiger partial charge in [-0.25, -0.2) is 13.2 Å². The van der Waals surface area contributed by atoms with Crippen LogP contribution in [0.1, 0.15) is 43.6 Å². The molecular weight excluding hydrogens is 314 g/mol. The molecule has 0 aliphatic heterocycles. The van der Waals surface area contributed by atoms with Gasteiger partial charge >= 0.3 is 5.97 Å². The smallest absolute Gasteiger partial charge is 0.337 e. The van der Waals surface area contributed by atoms with E-state index >= 15 is 0 Å². The van der Waals surface area contributed by atoms with Crippen molar-refractivity contribution in [2.45, 2.75) is 39.5 Å². The summed E-state index contributed by atoms with van der Waals surface area (Å²) in [4.78, 5) is 11.9.